The van der Waals surface area contributed by atoms with E-state index in [4.69, 9.17) is 9.47 Å². The highest BCUT2D eigenvalue weighted by molar-refractivity contribution is 5.76. The van der Waals surface area contributed by atoms with Gasteiger partial charge in [0.15, 0.2) is 0 Å². The molecule has 0 amide bonds. The lowest BCUT2D eigenvalue weighted by Crippen LogP contribution is -2.24. The first-order valence-corrected chi connectivity index (χ1v) is 10.6. The number of anilines is 1. The fraction of sp³-hybridized carbons (Fsp3) is 0.500. The van der Waals surface area contributed by atoms with Gasteiger partial charge in [-0.2, -0.15) is 0 Å². The SMILES string of the molecule is CC[C@H](C)Oc1cc(N2CC[C@@H](Oc3ccc([C@H](C)CC(C)=O)cc3)C2)ccn1. The van der Waals surface area contributed by atoms with Crippen molar-refractivity contribution in [3.8, 4) is 11.6 Å². The van der Waals surface area contributed by atoms with Crippen LogP contribution in [-0.4, -0.2) is 36.1 Å². The lowest BCUT2D eigenvalue weighted by molar-refractivity contribution is -0.117. The third-order valence-electron chi connectivity index (χ3n) is 5.47. The number of carbonyl (C=O) groups excluding carboxylic acids is 1. The Balaban J connectivity index is 1.56. The average molecular weight is 397 g/mol. The van der Waals surface area contributed by atoms with E-state index in [2.05, 4.69) is 42.8 Å². The Morgan fingerprint density at radius 3 is 2.69 bits per heavy atom. The maximum absolute atomic E-state index is 11.3. The molecule has 0 spiro atoms. The summed E-state index contributed by atoms with van der Waals surface area (Å²) in [6.45, 7) is 9.68. The van der Waals surface area contributed by atoms with Crippen molar-refractivity contribution in [3.63, 3.8) is 0 Å². The molecule has 1 aromatic carbocycles. The molecule has 156 valence electrons. The lowest BCUT2D eigenvalue weighted by Gasteiger charge is -2.20. The third-order valence-corrected chi connectivity index (χ3v) is 5.47. The zero-order valence-electron chi connectivity index (χ0n) is 17.9. The van der Waals surface area contributed by atoms with Crippen LogP contribution in [0.2, 0.25) is 0 Å². The average Bonchev–Trinajstić information content (AvgIpc) is 3.16. The Morgan fingerprint density at radius 1 is 1.24 bits per heavy atom. The topological polar surface area (TPSA) is 51.7 Å². The van der Waals surface area contributed by atoms with E-state index in [1.54, 1.807) is 6.92 Å². The van der Waals surface area contributed by atoms with Crippen LogP contribution in [0.1, 0.15) is 58.4 Å². The number of pyridine rings is 1. The summed E-state index contributed by atoms with van der Waals surface area (Å²) in [5, 5.41) is 0. The number of rotatable bonds is 9. The van der Waals surface area contributed by atoms with E-state index in [0.29, 0.717) is 12.3 Å². The van der Waals surface area contributed by atoms with Crippen LogP contribution < -0.4 is 14.4 Å². The van der Waals surface area contributed by atoms with Crippen LogP contribution in [0.15, 0.2) is 42.6 Å². The van der Waals surface area contributed by atoms with E-state index in [1.807, 2.05) is 30.5 Å². The Kier molecular flexibility index (Phi) is 7.13. The number of benzene rings is 1. The normalized spacial score (nSPS) is 18.3. The first kappa shape index (κ1) is 21.2. The van der Waals surface area contributed by atoms with Crippen molar-refractivity contribution in [2.75, 3.05) is 18.0 Å². The fourth-order valence-corrected chi connectivity index (χ4v) is 3.62. The predicted molar refractivity (Wildman–Crippen MR) is 116 cm³/mol. The van der Waals surface area contributed by atoms with Crippen molar-refractivity contribution in [2.45, 2.75) is 65.1 Å². The monoisotopic (exact) mass is 396 g/mol. The minimum absolute atomic E-state index is 0.155. The fourth-order valence-electron chi connectivity index (χ4n) is 3.62. The summed E-state index contributed by atoms with van der Waals surface area (Å²) >= 11 is 0. The molecule has 2 heterocycles. The molecule has 1 aromatic heterocycles. The van der Waals surface area contributed by atoms with Gasteiger partial charge >= 0.3 is 0 Å². The van der Waals surface area contributed by atoms with Crippen molar-refractivity contribution in [1.29, 1.82) is 0 Å². The maximum atomic E-state index is 11.3. The Labute approximate surface area is 174 Å². The van der Waals surface area contributed by atoms with Gasteiger partial charge in [0.1, 0.15) is 17.6 Å². The van der Waals surface area contributed by atoms with Crippen LogP contribution in [0.4, 0.5) is 5.69 Å². The number of hydrogen-bond donors (Lipinski definition) is 0. The molecule has 0 N–H and O–H groups in total. The largest absolute Gasteiger partial charge is 0.489 e. The molecule has 0 aliphatic carbocycles. The van der Waals surface area contributed by atoms with E-state index in [-0.39, 0.29) is 23.9 Å². The van der Waals surface area contributed by atoms with Crippen molar-refractivity contribution in [1.82, 2.24) is 4.98 Å². The minimum Gasteiger partial charge on any atom is -0.489 e. The summed E-state index contributed by atoms with van der Waals surface area (Å²) in [4.78, 5) is 18.0. The Bertz CT molecular complexity index is 806. The number of ether oxygens (including phenoxy) is 2. The molecule has 1 aliphatic rings. The van der Waals surface area contributed by atoms with Crippen molar-refractivity contribution < 1.29 is 14.3 Å². The molecule has 29 heavy (non-hydrogen) atoms. The van der Waals surface area contributed by atoms with E-state index in [1.165, 1.54) is 5.56 Å². The van der Waals surface area contributed by atoms with Gasteiger partial charge in [-0.1, -0.05) is 26.0 Å². The first-order valence-electron chi connectivity index (χ1n) is 10.6. The third kappa shape index (κ3) is 5.96. The Hall–Kier alpha value is -2.56. The molecule has 2 aromatic rings. The molecule has 0 bridgehead atoms. The molecule has 3 atom stereocenters. The van der Waals surface area contributed by atoms with Crippen LogP contribution in [0, 0.1) is 0 Å². The summed E-state index contributed by atoms with van der Waals surface area (Å²) in [6, 6.07) is 12.2. The number of carbonyl (C=O) groups is 1. The van der Waals surface area contributed by atoms with Crippen LogP contribution in [0.25, 0.3) is 0 Å². The van der Waals surface area contributed by atoms with Crippen molar-refractivity contribution in [2.24, 2.45) is 0 Å². The van der Waals surface area contributed by atoms with Gasteiger partial charge in [-0.15, -0.1) is 0 Å². The number of nitrogens with zero attached hydrogens (tertiary/aromatic N) is 2. The first-order chi connectivity index (χ1) is 13.9. The molecule has 1 fully saturated rings. The summed E-state index contributed by atoms with van der Waals surface area (Å²) in [5.41, 5.74) is 2.30. The van der Waals surface area contributed by atoms with Crippen molar-refractivity contribution in [3.05, 3.63) is 48.2 Å². The molecule has 0 saturated carbocycles. The van der Waals surface area contributed by atoms with Crippen LogP contribution in [0.5, 0.6) is 11.6 Å². The second kappa shape index (κ2) is 9.77. The molecule has 5 nitrogen and oxygen atoms in total. The smallest absolute Gasteiger partial charge is 0.215 e. The number of Topliss-reactive ketones (excluding diaryl/α,β-unsaturated/α-hetero) is 1. The highest BCUT2D eigenvalue weighted by Gasteiger charge is 2.25. The van der Waals surface area contributed by atoms with Gasteiger partial charge in [-0.3, -0.25) is 0 Å². The molecule has 1 saturated heterocycles. The summed E-state index contributed by atoms with van der Waals surface area (Å²) in [5.74, 6) is 2.02. The quantitative estimate of drug-likeness (QED) is 0.597. The summed E-state index contributed by atoms with van der Waals surface area (Å²) in [7, 11) is 0. The highest BCUT2D eigenvalue weighted by Crippen LogP contribution is 2.27. The van der Waals surface area contributed by atoms with Gasteiger partial charge in [0, 0.05) is 37.3 Å². The molecule has 1 aliphatic heterocycles. The highest BCUT2D eigenvalue weighted by atomic mass is 16.5. The van der Waals surface area contributed by atoms with E-state index in [9.17, 15) is 4.79 Å². The zero-order chi connectivity index (χ0) is 20.8. The number of ketones is 1. The minimum atomic E-state index is 0.155. The maximum Gasteiger partial charge on any atom is 0.215 e. The predicted octanol–water partition coefficient (Wildman–Crippen LogP) is 5.00. The molecule has 0 radical (unpaired) electrons. The van der Waals surface area contributed by atoms with E-state index < -0.39 is 0 Å². The summed E-state index contributed by atoms with van der Waals surface area (Å²) in [6.07, 6.45) is 4.63. The zero-order valence-corrected chi connectivity index (χ0v) is 17.9. The molecular formula is C24H32N2O3. The number of hydrogen-bond acceptors (Lipinski definition) is 5. The molecule has 0 unspecified atom stereocenters. The van der Waals surface area contributed by atoms with Crippen LogP contribution >= 0.6 is 0 Å². The number of aromatic nitrogens is 1. The van der Waals surface area contributed by atoms with E-state index in [0.717, 1.165) is 37.4 Å². The van der Waals surface area contributed by atoms with Gasteiger partial charge in [0.25, 0.3) is 0 Å². The molecular weight excluding hydrogens is 364 g/mol. The van der Waals surface area contributed by atoms with E-state index >= 15 is 0 Å². The van der Waals surface area contributed by atoms with Gasteiger partial charge in [0.05, 0.1) is 12.6 Å². The van der Waals surface area contributed by atoms with Gasteiger partial charge in [0.2, 0.25) is 5.88 Å². The summed E-state index contributed by atoms with van der Waals surface area (Å²) < 4.78 is 12.1. The van der Waals surface area contributed by atoms with Gasteiger partial charge in [-0.25, -0.2) is 4.98 Å². The second-order valence-electron chi connectivity index (χ2n) is 8.04. The Morgan fingerprint density at radius 2 is 2.00 bits per heavy atom. The van der Waals surface area contributed by atoms with Crippen molar-refractivity contribution >= 4 is 11.5 Å². The van der Waals surface area contributed by atoms with Gasteiger partial charge < -0.3 is 19.2 Å². The van der Waals surface area contributed by atoms with Gasteiger partial charge in [-0.05, 0) is 49.9 Å². The lowest BCUT2D eigenvalue weighted by atomic mass is 9.96. The van der Waals surface area contributed by atoms with Crippen LogP contribution in [0.3, 0.4) is 0 Å². The standard InChI is InChI=1S/C24H32N2O3/c1-5-19(4)28-24-15-21(10-12-25-24)26-13-11-23(16-26)29-22-8-6-20(7-9-22)17(2)14-18(3)27/h6-10,12,15,17,19,23H,5,11,13-14,16H2,1-4H3/t17-,19+,23-/m1/s1. The molecule has 3 rings (SSSR count). The second-order valence-corrected chi connectivity index (χ2v) is 8.04. The molecule has 5 heteroatoms. The van der Waals surface area contributed by atoms with Crippen LogP contribution in [-0.2, 0) is 4.79 Å².